The maximum atomic E-state index is 13.7. The summed E-state index contributed by atoms with van der Waals surface area (Å²) in [7, 11) is 0. The van der Waals surface area contributed by atoms with Crippen molar-refractivity contribution in [1.29, 1.82) is 0 Å². The number of amides is 2. The monoisotopic (exact) mass is 532 g/mol. The van der Waals surface area contributed by atoms with Crippen molar-refractivity contribution in [3.05, 3.63) is 69.2 Å². The van der Waals surface area contributed by atoms with Gasteiger partial charge in [0.2, 0.25) is 0 Å². The molecule has 0 spiro atoms. The van der Waals surface area contributed by atoms with Crippen molar-refractivity contribution in [3.8, 4) is 0 Å². The number of benzene rings is 2. The molecule has 0 bridgehead atoms. The molecule has 0 aromatic heterocycles. The maximum absolute atomic E-state index is 13.7. The summed E-state index contributed by atoms with van der Waals surface area (Å²) in [4.78, 5) is 42.1. The van der Waals surface area contributed by atoms with Gasteiger partial charge in [0.25, 0.3) is 5.91 Å². The molecule has 1 fully saturated rings. The van der Waals surface area contributed by atoms with Crippen LogP contribution < -0.4 is 0 Å². The van der Waals surface area contributed by atoms with Crippen molar-refractivity contribution in [2.75, 3.05) is 19.6 Å². The summed E-state index contributed by atoms with van der Waals surface area (Å²) in [5, 5.41) is 11.0. The van der Waals surface area contributed by atoms with E-state index in [1.54, 1.807) is 52.3 Å². The number of nitrogens with zero attached hydrogens (tertiary/aromatic N) is 2. The van der Waals surface area contributed by atoms with Gasteiger partial charge < -0.3 is 19.6 Å². The summed E-state index contributed by atoms with van der Waals surface area (Å²) in [5.74, 6) is -2.16. The first-order valence-corrected chi connectivity index (χ1v) is 12.8. The molecule has 9 heteroatoms. The predicted molar refractivity (Wildman–Crippen MR) is 138 cm³/mol. The molecule has 0 aliphatic carbocycles. The zero-order chi connectivity index (χ0) is 26.2. The van der Waals surface area contributed by atoms with Crippen LogP contribution in [-0.2, 0) is 9.53 Å². The molecule has 0 unspecified atom stereocenters. The lowest BCUT2D eigenvalue weighted by atomic mass is 9.79. The number of carbonyl (C=O) groups excluding carboxylic acids is 2. The van der Waals surface area contributed by atoms with Crippen LogP contribution in [0.1, 0.15) is 67.1 Å². The number of rotatable bonds is 4. The molecule has 2 amide bonds. The predicted octanol–water partition coefficient (Wildman–Crippen LogP) is 6.01. The van der Waals surface area contributed by atoms with Crippen molar-refractivity contribution >= 4 is 41.2 Å². The average molecular weight is 533 g/mol. The number of carboxylic acid groups (broad SMARTS) is 1. The topological polar surface area (TPSA) is 87.2 Å². The Morgan fingerprint density at radius 1 is 1.06 bits per heavy atom. The molecule has 7 nitrogen and oxygen atoms in total. The van der Waals surface area contributed by atoms with Crippen LogP contribution in [0.15, 0.2) is 42.5 Å². The highest BCUT2D eigenvalue weighted by Gasteiger charge is 2.45. The van der Waals surface area contributed by atoms with Gasteiger partial charge in [0, 0.05) is 35.2 Å². The Kier molecular flexibility index (Phi) is 7.53. The zero-order valence-electron chi connectivity index (χ0n) is 20.5. The van der Waals surface area contributed by atoms with E-state index in [0.717, 1.165) is 0 Å². The fraction of sp³-hybridized carbons (Fsp3) is 0.444. The molecule has 0 radical (unpaired) electrons. The van der Waals surface area contributed by atoms with Crippen molar-refractivity contribution in [2.24, 2.45) is 5.92 Å². The van der Waals surface area contributed by atoms with E-state index in [9.17, 15) is 19.5 Å². The van der Waals surface area contributed by atoms with Crippen LogP contribution in [0.4, 0.5) is 4.79 Å². The fourth-order valence-corrected chi connectivity index (χ4v) is 5.57. The SMILES string of the molecule is CC(C)(C)OC(=O)N1CCC(CN2C(=O)c3ccccc3[C@@H](C(=O)O)[C@@H]2c2ccc(Cl)cc2Cl)CC1. The molecule has 2 aromatic rings. The summed E-state index contributed by atoms with van der Waals surface area (Å²) < 4.78 is 5.49. The molecule has 2 aliphatic heterocycles. The van der Waals surface area contributed by atoms with E-state index in [4.69, 9.17) is 27.9 Å². The van der Waals surface area contributed by atoms with Crippen LogP contribution in [0.5, 0.6) is 0 Å². The van der Waals surface area contributed by atoms with E-state index in [1.165, 1.54) is 0 Å². The highest BCUT2D eigenvalue weighted by Crippen LogP contribution is 2.46. The van der Waals surface area contributed by atoms with Gasteiger partial charge in [-0.1, -0.05) is 47.5 Å². The lowest BCUT2D eigenvalue weighted by Gasteiger charge is -2.43. The van der Waals surface area contributed by atoms with E-state index in [2.05, 4.69) is 0 Å². The summed E-state index contributed by atoms with van der Waals surface area (Å²) >= 11 is 12.7. The Bertz CT molecular complexity index is 1170. The van der Waals surface area contributed by atoms with Crippen LogP contribution in [0, 0.1) is 5.92 Å². The number of hydrogen-bond donors (Lipinski definition) is 1. The first-order valence-electron chi connectivity index (χ1n) is 12.0. The molecule has 2 aromatic carbocycles. The van der Waals surface area contributed by atoms with Gasteiger partial charge in [-0.2, -0.15) is 0 Å². The third-order valence-corrected chi connectivity index (χ3v) is 7.27. The van der Waals surface area contributed by atoms with Crippen LogP contribution in [0.2, 0.25) is 10.0 Å². The molecule has 2 heterocycles. The van der Waals surface area contributed by atoms with E-state index < -0.39 is 23.5 Å². The minimum Gasteiger partial charge on any atom is -0.481 e. The Labute approximate surface area is 220 Å². The molecule has 36 heavy (non-hydrogen) atoms. The number of ether oxygens (including phenoxy) is 1. The van der Waals surface area contributed by atoms with Crippen molar-refractivity contribution in [1.82, 2.24) is 9.80 Å². The Hall–Kier alpha value is -2.77. The Balaban J connectivity index is 1.63. The van der Waals surface area contributed by atoms with E-state index in [-0.39, 0.29) is 17.9 Å². The van der Waals surface area contributed by atoms with Crippen LogP contribution in [0.3, 0.4) is 0 Å². The lowest BCUT2D eigenvalue weighted by molar-refractivity contribution is -0.140. The van der Waals surface area contributed by atoms with Crippen molar-refractivity contribution < 1.29 is 24.2 Å². The van der Waals surface area contributed by atoms with Gasteiger partial charge in [-0.3, -0.25) is 9.59 Å². The van der Waals surface area contributed by atoms with Gasteiger partial charge in [-0.15, -0.1) is 0 Å². The van der Waals surface area contributed by atoms with Gasteiger partial charge in [0.1, 0.15) is 11.5 Å². The van der Waals surface area contributed by atoms with E-state index in [1.807, 2.05) is 20.8 Å². The summed E-state index contributed by atoms with van der Waals surface area (Å²) in [6, 6.07) is 11.0. The molecule has 4 rings (SSSR count). The second kappa shape index (κ2) is 10.3. The molecule has 1 saturated heterocycles. The quantitative estimate of drug-likeness (QED) is 0.521. The smallest absolute Gasteiger partial charge is 0.410 e. The molecule has 2 aliphatic rings. The minimum atomic E-state index is -1.03. The largest absolute Gasteiger partial charge is 0.481 e. The molecule has 192 valence electrons. The lowest BCUT2D eigenvalue weighted by Crippen LogP contribution is -2.49. The number of likely N-dealkylation sites (tertiary alicyclic amines) is 1. The summed E-state index contributed by atoms with van der Waals surface area (Å²) in [6.45, 7) is 6.86. The van der Waals surface area contributed by atoms with Gasteiger partial charge in [-0.05, 0) is 68.9 Å². The number of halogens is 2. The Morgan fingerprint density at radius 3 is 2.33 bits per heavy atom. The molecular weight excluding hydrogens is 503 g/mol. The van der Waals surface area contributed by atoms with Crippen molar-refractivity contribution in [2.45, 2.75) is 51.2 Å². The number of hydrogen-bond acceptors (Lipinski definition) is 4. The summed E-state index contributed by atoms with van der Waals surface area (Å²) in [6.07, 6.45) is 0.994. The number of carboxylic acids is 1. The first kappa shape index (κ1) is 26.3. The standard InChI is InChI=1S/C27H30Cl2N2O5/c1-27(2,3)36-26(35)30-12-10-16(11-13-30)15-31-23(20-9-8-17(28)14-21(20)29)22(25(33)34)18-6-4-5-7-19(18)24(31)32/h4-9,14,16,22-23H,10-13,15H2,1-3H3,(H,33,34)/t22-,23+/m1/s1. The number of aliphatic carboxylic acids is 1. The Morgan fingerprint density at radius 2 is 1.72 bits per heavy atom. The molecular formula is C27H30Cl2N2O5. The van der Waals surface area contributed by atoms with E-state index in [0.29, 0.717) is 59.2 Å². The fourth-order valence-electron chi connectivity index (χ4n) is 5.05. The zero-order valence-corrected chi connectivity index (χ0v) is 22.1. The second-order valence-corrected chi connectivity index (χ2v) is 11.2. The van der Waals surface area contributed by atoms with Gasteiger partial charge in [-0.25, -0.2) is 4.79 Å². The minimum absolute atomic E-state index is 0.0842. The van der Waals surface area contributed by atoms with Gasteiger partial charge >= 0.3 is 12.1 Å². The van der Waals surface area contributed by atoms with Gasteiger partial charge in [0.05, 0.1) is 6.04 Å². The number of fused-ring (bicyclic) bond motifs is 1. The average Bonchev–Trinajstić information content (AvgIpc) is 2.80. The van der Waals surface area contributed by atoms with Crippen LogP contribution in [0.25, 0.3) is 0 Å². The third-order valence-electron chi connectivity index (χ3n) is 6.71. The number of piperidine rings is 1. The highest BCUT2D eigenvalue weighted by molar-refractivity contribution is 6.35. The molecule has 1 N–H and O–H groups in total. The van der Waals surface area contributed by atoms with E-state index >= 15 is 0 Å². The molecule has 2 atom stereocenters. The van der Waals surface area contributed by atoms with Crippen LogP contribution >= 0.6 is 23.2 Å². The normalized spacial score (nSPS) is 20.8. The number of carbonyl (C=O) groups is 3. The maximum Gasteiger partial charge on any atom is 0.410 e. The third kappa shape index (κ3) is 5.47. The molecule has 0 saturated carbocycles. The summed E-state index contributed by atoms with van der Waals surface area (Å²) in [5.41, 5.74) is 0.834. The first-order chi connectivity index (χ1) is 17.0. The second-order valence-electron chi connectivity index (χ2n) is 10.4. The van der Waals surface area contributed by atoms with Gasteiger partial charge in [0.15, 0.2) is 0 Å². The van der Waals surface area contributed by atoms with Crippen molar-refractivity contribution in [3.63, 3.8) is 0 Å². The van der Waals surface area contributed by atoms with Crippen LogP contribution in [-0.4, -0.2) is 58.1 Å². The highest BCUT2D eigenvalue weighted by atomic mass is 35.5.